The zero-order chi connectivity index (χ0) is 15.2. The van der Waals surface area contributed by atoms with Crippen molar-refractivity contribution in [3.63, 3.8) is 0 Å². The van der Waals surface area contributed by atoms with E-state index in [9.17, 15) is 4.79 Å². The van der Waals surface area contributed by atoms with Crippen LogP contribution in [-0.2, 0) is 10.5 Å². The number of nitrogens with two attached hydrogens (primary N) is 1. The van der Waals surface area contributed by atoms with Gasteiger partial charge in [0.05, 0.1) is 24.7 Å². The zero-order valence-corrected chi connectivity index (χ0v) is 12.7. The minimum absolute atomic E-state index is 0.0909. The number of carbonyl (C=O) groups excluding carboxylic acids is 1. The molecule has 0 fully saturated rings. The van der Waals surface area contributed by atoms with E-state index in [0.29, 0.717) is 16.1 Å². The largest absolute Gasteiger partial charge is 0.462 e. The quantitative estimate of drug-likeness (QED) is 0.505. The maximum atomic E-state index is 11.6. The summed E-state index contributed by atoms with van der Waals surface area (Å²) in [7, 11) is 0. The molecule has 0 aliphatic heterocycles. The van der Waals surface area contributed by atoms with Crippen LogP contribution in [0.4, 0.5) is 5.82 Å². The number of nitrogen functional groups attached to an aromatic ring is 1. The molecule has 0 aliphatic carbocycles. The summed E-state index contributed by atoms with van der Waals surface area (Å²) in [5.74, 6) is 0.0748. The van der Waals surface area contributed by atoms with Crippen molar-refractivity contribution in [3.05, 3.63) is 35.0 Å². The molecule has 0 unspecified atom stereocenters. The van der Waals surface area contributed by atoms with E-state index in [1.165, 1.54) is 24.2 Å². The van der Waals surface area contributed by atoms with E-state index in [1.807, 2.05) is 0 Å². The molecule has 0 aromatic carbocycles. The summed E-state index contributed by atoms with van der Waals surface area (Å²) < 4.78 is 4.85. The molecule has 0 spiro atoms. The molecule has 2 rings (SSSR count). The van der Waals surface area contributed by atoms with E-state index >= 15 is 0 Å². The number of halogens is 1. The van der Waals surface area contributed by atoms with Crippen LogP contribution in [0.1, 0.15) is 23.0 Å². The predicted octanol–water partition coefficient (Wildman–Crippen LogP) is 1.97. The molecule has 0 radical (unpaired) electrons. The Kier molecular flexibility index (Phi) is 5.29. The average molecular weight is 326 g/mol. The standard InChI is InChI=1S/C12H12ClN5O2S/c1-2-20-11(19)8-4-17-12(18-10(8)14)21-6-7-3-16-9(13)5-15-7/h3-5H,2,6H2,1H3,(H2,14,17,18). The molecular formula is C12H12ClN5O2S. The van der Waals surface area contributed by atoms with Gasteiger partial charge in [0.2, 0.25) is 0 Å². The number of ether oxygens (including phenoxy) is 1. The molecule has 7 nitrogen and oxygen atoms in total. The van der Waals surface area contributed by atoms with Gasteiger partial charge in [-0.2, -0.15) is 0 Å². The van der Waals surface area contributed by atoms with Crippen molar-refractivity contribution in [3.8, 4) is 0 Å². The number of hydrogen-bond acceptors (Lipinski definition) is 8. The summed E-state index contributed by atoms with van der Waals surface area (Å²) >= 11 is 6.98. The number of carbonyl (C=O) groups is 1. The van der Waals surface area contributed by atoms with E-state index in [4.69, 9.17) is 22.1 Å². The first-order valence-corrected chi connectivity index (χ1v) is 7.35. The van der Waals surface area contributed by atoms with Gasteiger partial charge < -0.3 is 10.5 Å². The topological polar surface area (TPSA) is 104 Å². The zero-order valence-electron chi connectivity index (χ0n) is 11.1. The van der Waals surface area contributed by atoms with Crippen molar-refractivity contribution in [1.29, 1.82) is 0 Å². The van der Waals surface area contributed by atoms with Gasteiger partial charge in [-0.1, -0.05) is 23.4 Å². The van der Waals surface area contributed by atoms with Gasteiger partial charge in [0.15, 0.2) is 5.16 Å². The van der Waals surface area contributed by atoms with Gasteiger partial charge in [-0.15, -0.1) is 0 Å². The maximum Gasteiger partial charge on any atom is 0.343 e. The Balaban J connectivity index is 2.03. The fourth-order valence-electron chi connectivity index (χ4n) is 1.37. The summed E-state index contributed by atoms with van der Waals surface area (Å²) in [4.78, 5) is 27.7. The third-order valence-corrected chi connectivity index (χ3v) is 3.40. The van der Waals surface area contributed by atoms with Crippen molar-refractivity contribution >= 4 is 35.1 Å². The van der Waals surface area contributed by atoms with Crippen molar-refractivity contribution in [2.45, 2.75) is 17.8 Å². The molecule has 9 heteroatoms. The second kappa shape index (κ2) is 7.19. The van der Waals surface area contributed by atoms with Gasteiger partial charge in [-0.3, -0.25) is 4.98 Å². The Hall–Kier alpha value is -1.93. The lowest BCUT2D eigenvalue weighted by Crippen LogP contribution is -2.10. The molecule has 2 aromatic heterocycles. The maximum absolute atomic E-state index is 11.6. The second-order valence-electron chi connectivity index (χ2n) is 3.79. The molecule has 0 amide bonds. The first kappa shape index (κ1) is 15.5. The van der Waals surface area contributed by atoms with E-state index in [0.717, 1.165) is 5.69 Å². The summed E-state index contributed by atoms with van der Waals surface area (Å²) in [5.41, 5.74) is 6.63. The van der Waals surface area contributed by atoms with Crippen LogP contribution in [0.5, 0.6) is 0 Å². The molecule has 2 aromatic rings. The van der Waals surface area contributed by atoms with E-state index in [-0.39, 0.29) is 18.0 Å². The molecular weight excluding hydrogens is 314 g/mol. The first-order valence-electron chi connectivity index (χ1n) is 5.99. The van der Waals surface area contributed by atoms with E-state index in [2.05, 4.69) is 19.9 Å². The van der Waals surface area contributed by atoms with Crippen molar-refractivity contribution in [2.24, 2.45) is 0 Å². The second-order valence-corrected chi connectivity index (χ2v) is 5.12. The highest BCUT2D eigenvalue weighted by Crippen LogP contribution is 2.20. The van der Waals surface area contributed by atoms with Gasteiger partial charge in [0.1, 0.15) is 16.5 Å². The van der Waals surface area contributed by atoms with Gasteiger partial charge in [0, 0.05) is 11.9 Å². The Morgan fingerprint density at radius 3 is 2.76 bits per heavy atom. The fraction of sp³-hybridized carbons (Fsp3) is 0.250. The molecule has 0 atom stereocenters. The summed E-state index contributed by atoms with van der Waals surface area (Å²) in [5, 5.41) is 0.778. The molecule has 2 heterocycles. The average Bonchev–Trinajstić information content (AvgIpc) is 2.47. The number of anilines is 1. The fourth-order valence-corrected chi connectivity index (χ4v) is 2.18. The lowest BCUT2D eigenvalue weighted by molar-refractivity contribution is 0.0526. The van der Waals surface area contributed by atoms with Gasteiger partial charge in [0.25, 0.3) is 0 Å². The highest BCUT2D eigenvalue weighted by molar-refractivity contribution is 7.98. The monoisotopic (exact) mass is 325 g/mol. The summed E-state index contributed by atoms with van der Waals surface area (Å²) in [6, 6.07) is 0. The SMILES string of the molecule is CCOC(=O)c1cnc(SCc2cnc(Cl)cn2)nc1N. The normalized spacial score (nSPS) is 10.4. The van der Waals surface area contributed by atoms with E-state index < -0.39 is 5.97 Å². The van der Waals surface area contributed by atoms with Gasteiger partial charge in [-0.05, 0) is 6.92 Å². The number of aromatic nitrogens is 4. The third-order valence-electron chi connectivity index (χ3n) is 2.31. The van der Waals surface area contributed by atoms with Crippen LogP contribution < -0.4 is 5.73 Å². The number of nitrogens with zero attached hydrogens (tertiary/aromatic N) is 4. The van der Waals surface area contributed by atoms with E-state index in [1.54, 1.807) is 13.1 Å². The predicted molar refractivity (Wildman–Crippen MR) is 79.0 cm³/mol. The molecule has 21 heavy (non-hydrogen) atoms. The third kappa shape index (κ3) is 4.27. The molecule has 0 bridgehead atoms. The highest BCUT2D eigenvalue weighted by atomic mass is 35.5. The van der Waals surface area contributed by atoms with Crippen molar-refractivity contribution in [1.82, 2.24) is 19.9 Å². The Morgan fingerprint density at radius 2 is 2.14 bits per heavy atom. The van der Waals surface area contributed by atoms with Gasteiger partial charge in [-0.25, -0.2) is 19.7 Å². The van der Waals surface area contributed by atoms with Crippen LogP contribution in [0.15, 0.2) is 23.7 Å². The molecule has 2 N–H and O–H groups in total. The number of thioether (sulfide) groups is 1. The van der Waals surface area contributed by atoms with Crippen molar-refractivity contribution in [2.75, 3.05) is 12.3 Å². The van der Waals surface area contributed by atoms with Crippen LogP contribution in [-0.4, -0.2) is 32.5 Å². The molecule has 0 aliphatic rings. The minimum Gasteiger partial charge on any atom is -0.462 e. The highest BCUT2D eigenvalue weighted by Gasteiger charge is 2.13. The number of rotatable bonds is 5. The Bertz CT molecular complexity index is 638. The van der Waals surface area contributed by atoms with Gasteiger partial charge >= 0.3 is 5.97 Å². The first-order chi connectivity index (χ1) is 10.1. The van der Waals surface area contributed by atoms with Crippen LogP contribution >= 0.6 is 23.4 Å². The molecule has 0 saturated heterocycles. The molecule has 0 saturated carbocycles. The summed E-state index contributed by atoms with van der Waals surface area (Å²) in [6.07, 6.45) is 4.40. The van der Waals surface area contributed by atoms with Crippen LogP contribution in [0, 0.1) is 0 Å². The van der Waals surface area contributed by atoms with Crippen molar-refractivity contribution < 1.29 is 9.53 Å². The van der Waals surface area contributed by atoms with Crippen LogP contribution in [0.2, 0.25) is 5.15 Å². The smallest absolute Gasteiger partial charge is 0.343 e. The number of hydrogen-bond donors (Lipinski definition) is 1. The Labute approximate surface area is 130 Å². The molecule has 110 valence electrons. The van der Waals surface area contributed by atoms with Crippen LogP contribution in [0.25, 0.3) is 0 Å². The number of esters is 1. The van der Waals surface area contributed by atoms with Crippen LogP contribution in [0.3, 0.4) is 0 Å². The minimum atomic E-state index is -0.532. The Morgan fingerprint density at radius 1 is 1.33 bits per heavy atom. The lowest BCUT2D eigenvalue weighted by atomic mass is 10.3. The summed E-state index contributed by atoms with van der Waals surface area (Å²) in [6.45, 7) is 1.98. The lowest BCUT2D eigenvalue weighted by Gasteiger charge is -2.05.